The topological polar surface area (TPSA) is 72.2 Å². The summed E-state index contributed by atoms with van der Waals surface area (Å²) in [5, 5.41) is 0.376. The Hall–Kier alpha value is -1.04. The van der Waals surface area contributed by atoms with Crippen LogP contribution in [0.4, 0.5) is 5.69 Å². The van der Waals surface area contributed by atoms with Crippen molar-refractivity contribution < 1.29 is 8.42 Å². The third kappa shape index (κ3) is 3.21. The lowest BCUT2D eigenvalue weighted by Gasteiger charge is -2.12. The number of halogens is 1. The Morgan fingerprint density at radius 2 is 2.12 bits per heavy atom. The summed E-state index contributed by atoms with van der Waals surface area (Å²) in [6, 6.07) is 2.47. The van der Waals surface area contributed by atoms with E-state index in [4.69, 9.17) is 17.3 Å². The van der Waals surface area contributed by atoms with Crippen molar-refractivity contribution in [3.63, 3.8) is 0 Å². The Labute approximate surface area is 107 Å². The smallest absolute Gasteiger partial charge is 0.241 e. The average Bonchev–Trinajstić information content (AvgIpc) is 2.24. The summed E-state index contributed by atoms with van der Waals surface area (Å²) < 4.78 is 26.4. The van der Waals surface area contributed by atoms with E-state index in [1.807, 2.05) is 0 Å². The molecule has 0 aliphatic heterocycles. The van der Waals surface area contributed by atoms with Crippen LogP contribution < -0.4 is 10.5 Å². The van der Waals surface area contributed by atoms with Crippen molar-refractivity contribution in [2.45, 2.75) is 24.8 Å². The molecule has 1 rings (SSSR count). The second-order valence-corrected chi connectivity index (χ2v) is 5.88. The highest BCUT2D eigenvalue weighted by atomic mass is 35.5. The van der Waals surface area contributed by atoms with Gasteiger partial charge in [0.2, 0.25) is 10.0 Å². The van der Waals surface area contributed by atoms with Crippen molar-refractivity contribution in [1.82, 2.24) is 4.72 Å². The Morgan fingerprint density at radius 1 is 1.53 bits per heavy atom. The maximum Gasteiger partial charge on any atom is 0.241 e. The molecule has 1 aromatic rings. The van der Waals surface area contributed by atoms with Crippen LogP contribution >= 0.6 is 11.6 Å². The molecule has 0 aromatic heterocycles. The summed E-state index contributed by atoms with van der Waals surface area (Å²) in [5.74, 6) is 0. The SMILES string of the molecule is C=CC(C)NS(=O)(=O)c1cc(C)c(Cl)c(N)c1. The van der Waals surface area contributed by atoms with Crippen molar-refractivity contribution in [1.29, 1.82) is 0 Å². The van der Waals surface area contributed by atoms with Crippen molar-refractivity contribution in [3.05, 3.63) is 35.4 Å². The van der Waals surface area contributed by atoms with Gasteiger partial charge in [0.15, 0.2) is 0 Å². The predicted molar refractivity (Wildman–Crippen MR) is 70.6 cm³/mol. The van der Waals surface area contributed by atoms with E-state index in [-0.39, 0.29) is 16.6 Å². The van der Waals surface area contributed by atoms with Crippen LogP contribution in [0.2, 0.25) is 5.02 Å². The van der Waals surface area contributed by atoms with Crippen molar-refractivity contribution in [2.24, 2.45) is 0 Å². The van der Waals surface area contributed by atoms with E-state index in [2.05, 4.69) is 11.3 Å². The molecule has 0 fully saturated rings. The molecule has 0 heterocycles. The first-order valence-electron chi connectivity index (χ1n) is 4.98. The van der Waals surface area contributed by atoms with E-state index in [0.717, 1.165) is 0 Å². The number of nitrogen functional groups attached to an aromatic ring is 1. The van der Waals surface area contributed by atoms with Crippen LogP contribution in [0, 0.1) is 6.92 Å². The molecule has 0 spiro atoms. The number of hydrogen-bond acceptors (Lipinski definition) is 3. The maximum atomic E-state index is 12.0. The summed E-state index contributed by atoms with van der Waals surface area (Å²) in [5.41, 5.74) is 6.51. The number of benzene rings is 1. The molecule has 0 aliphatic carbocycles. The maximum absolute atomic E-state index is 12.0. The quantitative estimate of drug-likeness (QED) is 0.652. The summed E-state index contributed by atoms with van der Waals surface area (Å²) >= 11 is 5.88. The van der Waals surface area contributed by atoms with Crippen LogP contribution in [-0.4, -0.2) is 14.5 Å². The lowest BCUT2D eigenvalue weighted by Crippen LogP contribution is -2.31. The van der Waals surface area contributed by atoms with E-state index >= 15 is 0 Å². The fraction of sp³-hybridized carbons (Fsp3) is 0.273. The molecule has 1 atom stereocenters. The third-order valence-electron chi connectivity index (χ3n) is 2.26. The normalized spacial score (nSPS) is 13.4. The first-order valence-corrected chi connectivity index (χ1v) is 6.84. The van der Waals surface area contributed by atoms with E-state index in [0.29, 0.717) is 10.6 Å². The molecule has 0 amide bonds. The van der Waals surface area contributed by atoms with Crippen LogP contribution in [0.1, 0.15) is 12.5 Å². The van der Waals surface area contributed by atoms with Crippen molar-refractivity contribution in [2.75, 3.05) is 5.73 Å². The minimum absolute atomic E-state index is 0.102. The van der Waals surface area contributed by atoms with Crippen LogP contribution in [0.5, 0.6) is 0 Å². The van der Waals surface area contributed by atoms with Crippen LogP contribution in [-0.2, 0) is 10.0 Å². The van der Waals surface area contributed by atoms with Gasteiger partial charge in [-0.1, -0.05) is 17.7 Å². The number of anilines is 1. The average molecular weight is 275 g/mol. The Bertz CT molecular complexity index is 517. The summed E-state index contributed by atoms with van der Waals surface area (Å²) in [7, 11) is -3.59. The van der Waals surface area contributed by atoms with Crippen LogP contribution in [0.15, 0.2) is 29.7 Å². The fourth-order valence-corrected chi connectivity index (χ4v) is 2.72. The molecule has 1 unspecified atom stereocenters. The Morgan fingerprint density at radius 3 is 2.59 bits per heavy atom. The number of aryl methyl sites for hydroxylation is 1. The van der Waals surface area contributed by atoms with Gasteiger partial charge in [-0.15, -0.1) is 6.58 Å². The molecular formula is C11H15ClN2O2S. The zero-order valence-electron chi connectivity index (χ0n) is 9.70. The summed E-state index contributed by atoms with van der Waals surface area (Å²) in [4.78, 5) is 0.102. The zero-order chi connectivity index (χ0) is 13.2. The van der Waals surface area contributed by atoms with Gasteiger partial charge >= 0.3 is 0 Å². The first kappa shape index (κ1) is 14.0. The molecular weight excluding hydrogens is 260 g/mol. The molecule has 0 saturated carbocycles. The monoisotopic (exact) mass is 274 g/mol. The number of sulfonamides is 1. The Kier molecular flexibility index (Phi) is 4.19. The molecule has 17 heavy (non-hydrogen) atoms. The van der Waals surface area contributed by atoms with Gasteiger partial charge in [-0.25, -0.2) is 13.1 Å². The molecule has 94 valence electrons. The molecule has 0 aliphatic rings. The summed E-state index contributed by atoms with van der Waals surface area (Å²) in [6.07, 6.45) is 1.50. The van der Waals surface area contributed by atoms with Crippen LogP contribution in [0.25, 0.3) is 0 Å². The second-order valence-electron chi connectivity index (χ2n) is 3.79. The highest BCUT2D eigenvalue weighted by Gasteiger charge is 2.18. The van der Waals surface area contributed by atoms with Gasteiger partial charge in [-0.05, 0) is 31.5 Å². The van der Waals surface area contributed by atoms with Gasteiger partial charge in [0.25, 0.3) is 0 Å². The highest BCUT2D eigenvalue weighted by Crippen LogP contribution is 2.26. The van der Waals surface area contributed by atoms with Gasteiger partial charge in [-0.3, -0.25) is 0 Å². The van der Waals surface area contributed by atoms with Crippen molar-refractivity contribution >= 4 is 27.3 Å². The molecule has 6 heteroatoms. The zero-order valence-corrected chi connectivity index (χ0v) is 11.3. The van der Waals surface area contributed by atoms with Gasteiger partial charge < -0.3 is 5.73 Å². The molecule has 3 N–H and O–H groups in total. The van der Waals surface area contributed by atoms with Gasteiger partial charge in [0, 0.05) is 6.04 Å². The molecule has 1 aromatic carbocycles. The third-order valence-corrected chi connectivity index (χ3v) is 4.32. The van der Waals surface area contributed by atoms with E-state index in [1.54, 1.807) is 13.8 Å². The second kappa shape index (κ2) is 5.08. The van der Waals surface area contributed by atoms with E-state index in [1.165, 1.54) is 18.2 Å². The lowest BCUT2D eigenvalue weighted by molar-refractivity contribution is 0.576. The first-order chi connectivity index (χ1) is 7.77. The lowest BCUT2D eigenvalue weighted by atomic mass is 10.2. The summed E-state index contributed by atoms with van der Waals surface area (Å²) in [6.45, 7) is 6.91. The van der Waals surface area contributed by atoms with Gasteiger partial charge in [0.1, 0.15) is 0 Å². The predicted octanol–water partition coefficient (Wildman–Crippen LogP) is 2.08. The molecule has 0 radical (unpaired) electrons. The standard InChI is InChI=1S/C11H15ClN2O2S/c1-4-8(3)14-17(15,16)9-5-7(2)11(12)10(13)6-9/h4-6,8,14H,1,13H2,2-3H3. The van der Waals surface area contributed by atoms with Crippen LogP contribution in [0.3, 0.4) is 0 Å². The number of nitrogens with one attached hydrogen (secondary N) is 1. The molecule has 0 bridgehead atoms. The molecule has 4 nitrogen and oxygen atoms in total. The minimum Gasteiger partial charge on any atom is -0.397 e. The Balaban J connectivity index is 3.21. The van der Waals surface area contributed by atoms with E-state index < -0.39 is 10.0 Å². The van der Waals surface area contributed by atoms with Gasteiger partial charge in [-0.2, -0.15) is 0 Å². The minimum atomic E-state index is -3.59. The van der Waals surface area contributed by atoms with Gasteiger partial charge in [0.05, 0.1) is 15.6 Å². The number of hydrogen-bond donors (Lipinski definition) is 2. The number of rotatable bonds is 4. The fourth-order valence-electron chi connectivity index (χ4n) is 1.28. The highest BCUT2D eigenvalue weighted by molar-refractivity contribution is 7.89. The molecule has 0 saturated heterocycles. The van der Waals surface area contributed by atoms with E-state index in [9.17, 15) is 8.42 Å². The van der Waals surface area contributed by atoms with Crippen molar-refractivity contribution in [3.8, 4) is 0 Å². The largest absolute Gasteiger partial charge is 0.397 e. The number of nitrogens with two attached hydrogens (primary N) is 1.